The molecule has 2 aliphatic rings. The van der Waals surface area contributed by atoms with Crippen molar-refractivity contribution in [2.75, 3.05) is 5.75 Å². The highest BCUT2D eigenvalue weighted by Crippen LogP contribution is 2.40. The van der Waals surface area contributed by atoms with Crippen LogP contribution in [0.2, 0.25) is 0 Å². The molecule has 0 bridgehead atoms. The van der Waals surface area contributed by atoms with E-state index in [1.54, 1.807) is 18.2 Å². The molecule has 0 aromatic carbocycles. The molecule has 0 radical (unpaired) electrons. The number of sulfone groups is 1. The number of amides is 1. The Morgan fingerprint density at radius 1 is 1.45 bits per heavy atom. The SMILES string of the molecule is O=C([O-])C1=C(F)CS(=O)(=O)[C@@H]2/C(=C\c3ccccn3)C(=O)N12. The van der Waals surface area contributed by atoms with Crippen molar-refractivity contribution < 1.29 is 27.5 Å². The van der Waals surface area contributed by atoms with E-state index in [0.29, 0.717) is 10.6 Å². The number of nitrogens with zero attached hydrogens (tertiary/aromatic N) is 2. The first-order valence-corrected chi connectivity index (χ1v) is 7.82. The van der Waals surface area contributed by atoms with Gasteiger partial charge in [0, 0.05) is 6.20 Å². The fourth-order valence-electron chi connectivity index (χ4n) is 2.41. The Hall–Kier alpha value is -2.55. The largest absolute Gasteiger partial charge is 0.543 e. The first-order valence-electron chi connectivity index (χ1n) is 6.10. The van der Waals surface area contributed by atoms with E-state index in [4.69, 9.17) is 0 Å². The second-order valence-electron chi connectivity index (χ2n) is 4.73. The zero-order valence-electron chi connectivity index (χ0n) is 10.9. The van der Waals surface area contributed by atoms with Crippen LogP contribution in [0.3, 0.4) is 0 Å². The zero-order chi connectivity index (χ0) is 16.1. The van der Waals surface area contributed by atoms with Crippen molar-refractivity contribution in [2.24, 2.45) is 0 Å². The number of hydrogen-bond donors (Lipinski definition) is 0. The number of halogens is 1. The third-order valence-corrected chi connectivity index (χ3v) is 5.12. The van der Waals surface area contributed by atoms with Gasteiger partial charge in [-0.3, -0.25) is 14.7 Å². The number of carbonyl (C=O) groups is 2. The fourth-order valence-corrected chi connectivity index (χ4v) is 4.14. The molecule has 114 valence electrons. The monoisotopic (exact) mass is 323 g/mol. The summed E-state index contributed by atoms with van der Waals surface area (Å²) in [5, 5.41) is 9.43. The molecule has 3 heterocycles. The summed E-state index contributed by atoms with van der Waals surface area (Å²) in [5.41, 5.74) is -0.835. The summed E-state index contributed by atoms with van der Waals surface area (Å²) >= 11 is 0. The highest BCUT2D eigenvalue weighted by molar-refractivity contribution is 7.92. The van der Waals surface area contributed by atoms with Gasteiger partial charge >= 0.3 is 0 Å². The average Bonchev–Trinajstić information content (AvgIpc) is 2.44. The first-order chi connectivity index (χ1) is 10.3. The number of hydrogen-bond acceptors (Lipinski definition) is 6. The van der Waals surface area contributed by atoms with E-state index in [-0.39, 0.29) is 5.57 Å². The third kappa shape index (κ3) is 2.01. The Morgan fingerprint density at radius 2 is 2.18 bits per heavy atom. The molecule has 0 spiro atoms. The van der Waals surface area contributed by atoms with E-state index >= 15 is 0 Å². The molecular formula is C13H8FN2O5S-. The van der Waals surface area contributed by atoms with Crippen molar-refractivity contribution in [2.45, 2.75) is 5.37 Å². The van der Waals surface area contributed by atoms with E-state index < -0.39 is 44.4 Å². The zero-order valence-corrected chi connectivity index (χ0v) is 11.7. The minimum absolute atomic E-state index is 0.148. The molecule has 7 nitrogen and oxygen atoms in total. The smallest absolute Gasteiger partial charge is 0.259 e. The van der Waals surface area contributed by atoms with Gasteiger partial charge in [0.25, 0.3) is 5.91 Å². The lowest BCUT2D eigenvalue weighted by Crippen LogP contribution is -2.63. The predicted molar refractivity (Wildman–Crippen MR) is 69.8 cm³/mol. The van der Waals surface area contributed by atoms with Crippen molar-refractivity contribution in [3.05, 3.63) is 47.2 Å². The van der Waals surface area contributed by atoms with Crippen LogP contribution in [0.5, 0.6) is 0 Å². The van der Waals surface area contributed by atoms with Crippen molar-refractivity contribution in [1.29, 1.82) is 0 Å². The van der Waals surface area contributed by atoms with Crippen LogP contribution in [-0.4, -0.2) is 41.3 Å². The van der Waals surface area contributed by atoms with E-state index in [2.05, 4.69) is 4.98 Å². The number of carboxylic acids is 1. The maximum absolute atomic E-state index is 13.6. The lowest BCUT2D eigenvalue weighted by atomic mass is 10.0. The maximum Gasteiger partial charge on any atom is 0.259 e. The molecule has 0 saturated carbocycles. The fraction of sp³-hybridized carbons (Fsp3) is 0.154. The van der Waals surface area contributed by atoms with Crippen molar-refractivity contribution in [3.63, 3.8) is 0 Å². The molecule has 2 aliphatic heterocycles. The summed E-state index contributed by atoms with van der Waals surface area (Å²) in [7, 11) is -4.06. The Kier molecular flexibility index (Phi) is 3.10. The van der Waals surface area contributed by atoms with E-state index in [1.807, 2.05) is 0 Å². The van der Waals surface area contributed by atoms with Crippen LogP contribution in [0.15, 0.2) is 41.5 Å². The molecule has 1 saturated heterocycles. The van der Waals surface area contributed by atoms with Gasteiger partial charge < -0.3 is 9.90 Å². The van der Waals surface area contributed by atoms with Gasteiger partial charge in [-0.15, -0.1) is 0 Å². The van der Waals surface area contributed by atoms with Crippen molar-refractivity contribution in [3.8, 4) is 0 Å². The number of aliphatic carboxylic acids is 1. The van der Waals surface area contributed by atoms with Crippen LogP contribution in [-0.2, 0) is 19.4 Å². The van der Waals surface area contributed by atoms with Crippen LogP contribution in [0.4, 0.5) is 4.39 Å². The quantitative estimate of drug-likeness (QED) is 0.510. The average molecular weight is 323 g/mol. The number of pyridine rings is 1. The first kappa shape index (κ1) is 14.4. The van der Waals surface area contributed by atoms with Gasteiger partial charge in [0.15, 0.2) is 15.2 Å². The molecule has 9 heteroatoms. The van der Waals surface area contributed by atoms with Crippen LogP contribution >= 0.6 is 0 Å². The Morgan fingerprint density at radius 3 is 2.77 bits per heavy atom. The highest BCUT2D eigenvalue weighted by atomic mass is 32.2. The molecule has 22 heavy (non-hydrogen) atoms. The standard InChI is InChI=1S/C13H9FN2O5S/c14-9-6-22(20,21)12-8(5-7-3-1-2-4-15-7)11(17)16(12)10(9)13(18)19/h1-5,12H,6H2,(H,18,19)/p-1/b8-5-/t12-/m1/s1. The predicted octanol–water partition coefficient (Wildman–Crippen LogP) is -1.01. The summed E-state index contributed by atoms with van der Waals surface area (Å²) < 4.78 is 37.7. The number of β-lactam (4-membered cyclic amide) rings is 1. The van der Waals surface area contributed by atoms with Crippen LogP contribution in [0.1, 0.15) is 5.69 Å². The van der Waals surface area contributed by atoms with Crippen LogP contribution in [0, 0.1) is 0 Å². The Balaban J connectivity index is 2.10. The van der Waals surface area contributed by atoms with Gasteiger partial charge in [-0.1, -0.05) is 6.07 Å². The number of fused-ring (bicyclic) bond motifs is 1. The van der Waals surface area contributed by atoms with Gasteiger partial charge in [0.05, 0.1) is 17.2 Å². The minimum atomic E-state index is -4.06. The minimum Gasteiger partial charge on any atom is -0.543 e. The molecule has 3 rings (SSSR count). The van der Waals surface area contributed by atoms with E-state index in [0.717, 1.165) is 0 Å². The number of rotatable bonds is 2. The summed E-state index contributed by atoms with van der Waals surface area (Å²) in [6.07, 6.45) is 2.70. The highest BCUT2D eigenvalue weighted by Gasteiger charge is 2.55. The summed E-state index contributed by atoms with van der Waals surface area (Å²) in [4.78, 5) is 27.3. The molecule has 1 atom stereocenters. The maximum atomic E-state index is 13.6. The van der Waals surface area contributed by atoms with Gasteiger partial charge in [-0.05, 0) is 18.2 Å². The lowest BCUT2D eigenvalue weighted by Gasteiger charge is -2.45. The van der Waals surface area contributed by atoms with Crippen LogP contribution < -0.4 is 5.11 Å². The number of carboxylic acid groups (broad SMARTS) is 1. The number of aromatic nitrogens is 1. The summed E-state index contributed by atoms with van der Waals surface area (Å²) in [6, 6.07) is 4.83. The second kappa shape index (κ2) is 4.73. The van der Waals surface area contributed by atoms with Gasteiger partial charge in [0.2, 0.25) is 0 Å². The summed E-state index contributed by atoms with van der Waals surface area (Å²) in [6.45, 7) is 0. The Labute approximate surface area is 124 Å². The third-order valence-electron chi connectivity index (χ3n) is 3.32. The number of carbonyl (C=O) groups excluding carboxylic acids is 2. The normalized spacial score (nSPS) is 25.0. The van der Waals surface area contributed by atoms with E-state index in [9.17, 15) is 27.5 Å². The van der Waals surface area contributed by atoms with Gasteiger partial charge in [0.1, 0.15) is 17.3 Å². The molecule has 0 aliphatic carbocycles. The molecule has 1 aromatic rings. The lowest BCUT2D eigenvalue weighted by molar-refractivity contribution is -0.301. The van der Waals surface area contributed by atoms with Crippen molar-refractivity contribution >= 4 is 27.8 Å². The Bertz CT molecular complexity index is 844. The van der Waals surface area contributed by atoms with Gasteiger partial charge in [-0.25, -0.2) is 12.8 Å². The summed E-state index contributed by atoms with van der Waals surface area (Å²) in [5.74, 6) is -5.30. The molecule has 0 unspecified atom stereocenters. The molecule has 1 amide bonds. The molecule has 0 N–H and O–H groups in total. The van der Waals surface area contributed by atoms with Crippen LogP contribution in [0.25, 0.3) is 6.08 Å². The second-order valence-corrected chi connectivity index (χ2v) is 6.79. The molecule has 1 fully saturated rings. The van der Waals surface area contributed by atoms with E-state index in [1.165, 1.54) is 12.3 Å². The van der Waals surface area contributed by atoms with Gasteiger partial charge in [-0.2, -0.15) is 0 Å². The topological polar surface area (TPSA) is 107 Å². The molecule has 1 aromatic heterocycles. The van der Waals surface area contributed by atoms with Crippen molar-refractivity contribution in [1.82, 2.24) is 9.88 Å². The molecular weight excluding hydrogens is 315 g/mol.